The monoisotopic (exact) mass is 252 g/mol. The summed E-state index contributed by atoms with van der Waals surface area (Å²) in [6.45, 7) is 7.95. The molecule has 0 amide bonds. The van der Waals surface area contributed by atoms with Crippen LogP contribution < -0.4 is 0 Å². The molecule has 0 aromatic carbocycles. The zero-order valence-corrected chi connectivity index (χ0v) is 11.5. The minimum absolute atomic E-state index is 0.540. The Bertz CT molecular complexity index is 374. The highest BCUT2D eigenvalue weighted by atomic mass is 35.5. The molecule has 2 nitrogen and oxygen atoms in total. The van der Waals surface area contributed by atoms with Gasteiger partial charge in [-0.15, -0.1) is 0 Å². The van der Waals surface area contributed by atoms with Crippen LogP contribution in [0.3, 0.4) is 0 Å². The first kappa shape index (κ1) is 12.8. The topological polar surface area (TPSA) is 16.1 Å². The SMILES string of the molecule is CCC1(CC)CCN(Cc2cccc(Cl)n2)C1. The van der Waals surface area contributed by atoms with Gasteiger partial charge in [0.2, 0.25) is 0 Å². The van der Waals surface area contributed by atoms with E-state index in [1.165, 1.54) is 32.4 Å². The molecule has 0 unspecified atom stereocenters. The fourth-order valence-electron chi connectivity index (χ4n) is 2.76. The van der Waals surface area contributed by atoms with Gasteiger partial charge in [0.25, 0.3) is 0 Å². The van der Waals surface area contributed by atoms with E-state index >= 15 is 0 Å². The Balaban J connectivity index is 1.98. The number of halogens is 1. The second-order valence-electron chi connectivity index (χ2n) is 5.12. The van der Waals surface area contributed by atoms with Crippen LogP contribution in [0.15, 0.2) is 18.2 Å². The lowest BCUT2D eigenvalue weighted by Gasteiger charge is -2.26. The lowest BCUT2D eigenvalue weighted by Crippen LogP contribution is -2.26. The lowest BCUT2D eigenvalue weighted by molar-refractivity contribution is 0.235. The molecule has 94 valence electrons. The van der Waals surface area contributed by atoms with Crippen molar-refractivity contribution in [2.75, 3.05) is 13.1 Å². The molecule has 0 bridgehead atoms. The summed E-state index contributed by atoms with van der Waals surface area (Å²) in [5, 5.41) is 0.596. The normalized spacial score (nSPS) is 19.7. The van der Waals surface area contributed by atoms with Crippen LogP contribution in [-0.2, 0) is 6.54 Å². The standard InChI is InChI=1S/C14H21ClN2/c1-3-14(4-2)8-9-17(11-14)10-12-6-5-7-13(15)16-12/h5-7H,3-4,8-11H2,1-2H3. The van der Waals surface area contributed by atoms with Crippen molar-refractivity contribution in [1.82, 2.24) is 9.88 Å². The van der Waals surface area contributed by atoms with Crippen LogP contribution in [0.1, 0.15) is 38.8 Å². The molecule has 0 saturated carbocycles. The van der Waals surface area contributed by atoms with E-state index in [4.69, 9.17) is 11.6 Å². The number of rotatable bonds is 4. The zero-order chi connectivity index (χ0) is 12.3. The van der Waals surface area contributed by atoms with E-state index in [-0.39, 0.29) is 0 Å². The summed E-state index contributed by atoms with van der Waals surface area (Å²) in [7, 11) is 0. The van der Waals surface area contributed by atoms with Gasteiger partial charge in [0, 0.05) is 13.1 Å². The number of hydrogen-bond acceptors (Lipinski definition) is 2. The average Bonchev–Trinajstić information content (AvgIpc) is 2.73. The summed E-state index contributed by atoms with van der Waals surface area (Å²) >= 11 is 5.91. The van der Waals surface area contributed by atoms with Crippen molar-refractivity contribution in [3.05, 3.63) is 29.0 Å². The smallest absolute Gasteiger partial charge is 0.129 e. The highest BCUT2D eigenvalue weighted by molar-refractivity contribution is 6.29. The molecule has 0 spiro atoms. The first-order valence-electron chi connectivity index (χ1n) is 6.51. The molecular weight excluding hydrogens is 232 g/mol. The molecule has 1 saturated heterocycles. The quantitative estimate of drug-likeness (QED) is 0.759. The summed E-state index contributed by atoms with van der Waals surface area (Å²) in [5.74, 6) is 0. The molecule has 2 rings (SSSR count). The van der Waals surface area contributed by atoms with Crippen LogP contribution in [0.2, 0.25) is 5.15 Å². The van der Waals surface area contributed by atoms with Gasteiger partial charge in [-0.25, -0.2) is 4.98 Å². The van der Waals surface area contributed by atoms with Gasteiger partial charge in [0.05, 0.1) is 5.69 Å². The van der Waals surface area contributed by atoms with Crippen LogP contribution >= 0.6 is 11.6 Å². The van der Waals surface area contributed by atoms with Crippen molar-refractivity contribution in [3.63, 3.8) is 0 Å². The van der Waals surface area contributed by atoms with E-state index in [2.05, 4.69) is 29.8 Å². The van der Waals surface area contributed by atoms with E-state index in [9.17, 15) is 0 Å². The second kappa shape index (κ2) is 5.36. The maximum Gasteiger partial charge on any atom is 0.129 e. The minimum atomic E-state index is 0.540. The molecule has 0 atom stereocenters. The molecule has 2 heterocycles. The largest absolute Gasteiger partial charge is 0.297 e. The van der Waals surface area contributed by atoms with E-state index in [1.54, 1.807) is 0 Å². The third-order valence-electron chi connectivity index (χ3n) is 4.18. The van der Waals surface area contributed by atoms with Crippen molar-refractivity contribution in [3.8, 4) is 0 Å². The Morgan fingerprint density at radius 1 is 1.35 bits per heavy atom. The van der Waals surface area contributed by atoms with Gasteiger partial charge in [-0.1, -0.05) is 31.5 Å². The summed E-state index contributed by atoms with van der Waals surface area (Å²) in [6, 6.07) is 5.87. The zero-order valence-electron chi connectivity index (χ0n) is 10.7. The summed E-state index contributed by atoms with van der Waals surface area (Å²) < 4.78 is 0. The molecule has 0 N–H and O–H groups in total. The predicted molar refractivity (Wildman–Crippen MR) is 72.2 cm³/mol. The van der Waals surface area contributed by atoms with Gasteiger partial charge in [0.15, 0.2) is 0 Å². The van der Waals surface area contributed by atoms with Crippen molar-refractivity contribution >= 4 is 11.6 Å². The molecule has 3 heteroatoms. The maximum atomic E-state index is 5.91. The van der Waals surface area contributed by atoms with Crippen LogP contribution in [0.4, 0.5) is 0 Å². The fraction of sp³-hybridized carbons (Fsp3) is 0.643. The number of nitrogens with zero attached hydrogens (tertiary/aromatic N) is 2. The van der Waals surface area contributed by atoms with Gasteiger partial charge in [-0.2, -0.15) is 0 Å². The number of likely N-dealkylation sites (tertiary alicyclic amines) is 1. The second-order valence-corrected chi connectivity index (χ2v) is 5.51. The van der Waals surface area contributed by atoms with Crippen molar-refractivity contribution in [2.45, 2.75) is 39.7 Å². The molecule has 1 fully saturated rings. The highest BCUT2D eigenvalue weighted by Crippen LogP contribution is 2.37. The van der Waals surface area contributed by atoms with Crippen LogP contribution in [0, 0.1) is 5.41 Å². The number of pyridine rings is 1. The molecule has 0 aliphatic carbocycles. The van der Waals surface area contributed by atoms with Gasteiger partial charge >= 0.3 is 0 Å². The van der Waals surface area contributed by atoms with Crippen molar-refractivity contribution < 1.29 is 0 Å². The first-order valence-corrected chi connectivity index (χ1v) is 6.89. The van der Waals surface area contributed by atoms with Crippen LogP contribution in [-0.4, -0.2) is 23.0 Å². The van der Waals surface area contributed by atoms with Gasteiger partial charge in [0.1, 0.15) is 5.15 Å². The van der Waals surface area contributed by atoms with Gasteiger partial charge in [-0.3, -0.25) is 4.90 Å². The molecule has 17 heavy (non-hydrogen) atoms. The summed E-state index contributed by atoms with van der Waals surface area (Å²) in [6.07, 6.45) is 3.88. The molecule has 0 radical (unpaired) electrons. The number of hydrogen-bond donors (Lipinski definition) is 0. The van der Waals surface area contributed by atoms with E-state index < -0.39 is 0 Å². The third-order valence-corrected chi connectivity index (χ3v) is 4.39. The van der Waals surface area contributed by atoms with E-state index in [0.29, 0.717) is 10.6 Å². The fourth-order valence-corrected chi connectivity index (χ4v) is 2.94. The highest BCUT2D eigenvalue weighted by Gasteiger charge is 2.34. The average molecular weight is 253 g/mol. The Morgan fingerprint density at radius 2 is 2.12 bits per heavy atom. The van der Waals surface area contributed by atoms with Crippen LogP contribution in [0.25, 0.3) is 0 Å². The molecule has 1 aromatic heterocycles. The van der Waals surface area contributed by atoms with Crippen LogP contribution in [0.5, 0.6) is 0 Å². The minimum Gasteiger partial charge on any atom is -0.297 e. The lowest BCUT2D eigenvalue weighted by atomic mass is 9.82. The summed E-state index contributed by atoms with van der Waals surface area (Å²) in [4.78, 5) is 6.87. The maximum absolute atomic E-state index is 5.91. The Hall–Kier alpha value is -0.600. The molecule has 1 aliphatic rings. The van der Waals surface area contributed by atoms with Crippen molar-refractivity contribution in [1.29, 1.82) is 0 Å². The predicted octanol–water partition coefficient (Wildman–Crippen LogP) is 3.75. The van der Waals surface area contributed by atoms with E-state index in [1.807, 2.05) is 12.1 Å². The Kier molecular flexibility index (Phi) is 4.05. The molecule has 1 aliphatic heterocycles. The van der Waals surface area contributed by atoms with Gasteiger partial charge < -0.3 is 0 Å². The van der Waals surface area contributed by atoms with Gasteiger partial charge in [-0.05, 0) is 43.4 Å². The van der Waals surface area contributed by atoms with Crippen molar-refractivity contribution in [2.24, 2.45) is 5.41 Å². The Labute approximate surface area is 109 Å². The number of aromatic nitrogens is 1. The molecule has 1 aromatic rings. The first-order chi connectivity index (χ1) is 8.17. The summed E-state index contributed by atoms with van der Waals surface area (Å²) in [5.41, 5.74) is 1.62. The Morgan fingerprint density at radius 3 is 2.71 bits per heavy atom. The molecular formula is C14H21ClN2. The van der Waals surface area contributed by atoms with E-state index in [0.717, 1.165) is 12.2 Å². The third kappa shape index (κ3) is 2.99.